The van der Waals surface area contributed by atoms with Crippen LogP contribution in [0.2, 0.25) is 0 Å². The second-order valence-corrected chi connectivity index (χ2v) is 5.66. The van der Waals surface area contributed by atoms with Gasteiger partial charge in [0.15, 0.2) is 0 Å². The molecule has 2 unspecified atom stereocenters. The van der Waals surface area contributed by atoms with Crippen molar-refractivity contribution in [1.82, 2.24) is 0 Å². The van der Waals surface area contributed by atoms with Crippen LogP contribution in [0.4, 0.5) is 0 Å². The van der Waals surface area contributed by atoms with Crippen LogP contribution in [-0.2, 0) is 4.57 Å². The second kappa shape index (κ2) is 4.63. The third-order valence-corrected chi connectivity index (χ3v) is 4.36. The van der Waals surface area contributed by atoms with Crippen LogP contribution in [0.15, 0.2) is 0 Å². The van der Waals surface area contributed by atoms with Gasteiger partial charge in [-0.2, -0.15) is 0 Å². The highest BCUT2D eigenvalue weighted by Gasteiger charge is 2.44. The van der Waals surface area contributed by atoms with Crippen LogP contribution in [0.3, 0.4) is 0 Å². The van der Waals surface area contributed by atoms with E-state index in [-0.39, 0.29) is 19.4 Å². The number of rotatable bonds is 5. The monoisotopic (exact) mass is 217 g/mol. The molecule has 0 saturated heterocycles. The summed E-state index contributed by atoms with van der Waals surface area (Å²) < 4.78 is 10.6. The van der Waals surface area contributed by atoms with Crippen molar-refractivity contribution in [2.45, 2.75) is 17.9 Å². The molecule has 0 radical (unpaired) electrons. The van der Waals surface area contributed by atoms with Gasteiger partial charge < -0.3 is 25.5 Å². The fourth-order valence-electron chi connectivity index (χ4n) is 0.615. The van der Waals surface area contributed by atoms with Gasteiger partial charge in [0.1, 0.15) is 0 Å². The van der Waals surface area contributed by atoms with E-state index < -0.39 is 21.5 Å². The average molecular weight is 217 g/mol. The number of nitrogens with two attached hydrogens (primary N) is 1. The van der Waals surface area contributed by atoms with Crippen molar-refractivity contribution >= 4 is 16.4 Å². The smallest absolute Gasteiger partial charge is 0.363 e. The molecule has 12 heavy (non-hydrogen) atoms. The Labute approximate surface area is 71.8 Å². The topological polar surface area (TPSA) is 124 Å². The summed E-state index contributed by atoms with van der Waals surface area (Å²) >= 11 is 0. The molecule has 0 aliphatic heterocycles. The fraction of sp³-hybridized carbons (Fsp3) is 1.00. The molecule has 0 aromatic heterocycles. The van der Waals surface area contributed by atoms with Crippen LogP contribution < -0.4 is 5.73 Å². The first-order valence-corrected chi connectivity index (χ1v) is 5.82. The van der Waals surface area contributed by atoms with Crippen LogP contribution >= 0.6 is 16.4 Å². The zero-order chi connectivity index (χ0) is 9.83. The van der Waals surface area contributed by atoms with Gasteiger partial charge in [0.25, 0.3) is 0 Å². The summed E-state index contributed by atoms with van der Waals surface area (Å²) in [5.74, 6) is 0. The summed E-state index contributed by atoms with van der Waals surface area (Å²) in [5, 5.41) is 6.93. The van der Waals surface area contributed by atoms with Crippen LogP contribution in [0.5, 0.6) is 0 Å². The van der Waals surface area contributed by atoms with E-state index in [2.05, 4.69) is 0 Å². The van der Waals surface area contributed by atoms with E-state index in [1.54, 1.807) is 0 Å². The molecule has 6 nitrogen and oxygen atoms in total. The predicted octanol–water partition coefficient (Wildman–Crippen LogP) is -0.865. The van der Waals surface area contributed by atoms with Crippen LogP contribution in [-0.4, -0.2) is 31.4 Å². The van der Waals surface area contributed by atoms with Gasteiger partial charge in [-0.25, -0.2) is 0 Å². The van der Waals surface area contributed by atoms with Crippen LogP contribution in [0.1, 0.15) is 12.8 Å². The zero-order valence-electron chi connectivity index (χ0n) is 6.34. The zero-order valence-corrected chi connectivity index (χ0v) is 8.24. The third-order valence-electron chi connectivity index (χ3n) is 1.39. The molecule has 74 valence electrons. The van der Waals surface area contributed by atoms with Gasteiger partial charge >= 0.3 is 7.60 Å². The number of aliphatic hydroxyl groups is 1. The minimum absolute atomic E-state index is 0.192. The van der Waals surface area contributed by atoms with Crippen molar-refractivity contribution in [3.8, 4) is 0 Å². The molecule has 8 heteroatoms. The summed E-state index contributed by atoms with van der Waals surface area (Å²) in [6, 6.07) is 0. The molecule has 0 rings (SSSR count). The van der Waals surface area contributed by atoms with E-state index >= 15 is 0 Å². The number of hydrogen-bond donors (Lipinski definition) is 5. The molecule has 0 fully saturated rings. The quantitative estimate of drug-likeness (QED) is 0.381. The van der Waals surface area contributed by atoms with Gasteiger partial charge in [-0.3, -0.25) is 4.57 Å². The van der Waals surface area contributed by atoms with E-state index in [0.717, 1.165) is 0 Å². The molecule has 0 aliphatic rings. The maximum atomic E-state index is 10.6. The minimum Gasteiger partial charge on any atom is -0.373 e. The van der Waals surface area contributed by atoms with Gasteiger partial charge in [-0.15, -0.1) is 0 Å². The van der Waals surface area contributed by atoms with Crippen molar-refractivity contribution in [3.63, 3.8) is 0 Å². The van der Waals surface area contributed by atoms with Gasteiger partial charge in [0, 0.05) is 0 Å². The standard InChI is InChI=1S/C4H13NO5P2/c5-3-1-2-4(6,11-7)12(8,9)10/h6-7,11H,1-3,5H2,(H2,8,9,10). The molecular formula is C4H13NO5P2. The highest BCUT2D eigenvalue weighted by Crippen LogP contribution is 2.59. The molecule has 0 aromatic rings. The van der Waals surface area contributed by atoms with Crippen molar-refractivity contribution in [1.29, 1.82) is 0 Å². The van der Waals surface area contributed by atoms with Gasteiger partial charge in [-0.1, -0.05) is 0 Å². The van der Waals surface area contributed by atoms with E-state index in [1.807, 2.05) is 0 Å². The highest BCUT2D eigenvalue weighted by atomic mass is 31.2. The van der Waals surface area contributed by atoms with Crippen molar-refractivity contribution in [2.24, 2.45) is 5.73 Å². The SMILES string of the molecule is NCCCC(O)(PO)P(=O)(O)O. The van der Waals surface area contributed by atoms with E-state index in [4.69, 9.17) is 20.4 Å². The predicted molar refractivity (Wildman–Crippen MR) is 45.8 cm³/mol. The summed E-state index contributed by atoms with van der Waals surface area (Å²) in [6.45, 7) is 0.215. The molecule has 0 aliphatic carbocycles. The lowest BCUT2D eigenvalue weighted by Crippen LogP contribution is -2.23. The Morgan fingerprint density at radius 1 is 1.50 bits per heavy atom. The lowest BCUT2D eigenvalue weighted by molar-refractivity contribution is 0.153. The molecule has 6 N–H and O–H groups in total. The Hall–Kier alpha value is 0.460. The highest BCUT2D eigenvalue weighted by molar-refractivity contribution is 7.64. The first-order chi connectivity index (χ1) is 5.37. The Kier molecular flexibility index (Phi) is 4.81. The lowest BCUT2D eigenvalue weighted by Gasteiger charge is -2.25. The molecule has 0 heterocycles. The summed E-state index contributed by atoms with van der Waals surface area (Å²) in [4.78, 5) is 25.9. The summed E-state index contributed by atoms with van der Waals surface area (Å²) in [6.07, 6.45) is 0.0674. The van der Waals surface area contributed by atoms with Crippen LogP contribution in [0.25, 0.3) is 0 Å². The van der Waals surface area contributed by atoms with Crippen molar-refractivity contribution < 1.29 is 24.4 Å². The Morgan fingerprint density at radius 3 is 2.25 bits per heavy atom. The minimum atomic E-state index is -4.66. The summed E-state index contributed by atoms with van der Waals surface area (Å²) in [5.41, 5.74) is 5.09. The maximum Gasteiger partial charge on any atom is 0.363 e. The number of hydrogen-bond acceptors (Lipinski definition) is 4. The Morgan fingerprint density at radius 2 is 2.00 bits per heavy atom. The third kappa shape index (κ3) is 3.07. The van der Waals surface area contributed by atoms with Crippen molar-refractivity contribution in [2.75, 3.05) is 6.54 Å². The molecule has 0 aromatic carbocycles. The van der Waals surface area contributed by atoms with Gasteiger partial charge in [0.05, 0.1) is 8.81 Å². The van der Waals surface area contributed by atoms with Crippen molar-refractivity contribution in [3.05, 3.63) is 0 Å². The Balaban J connectivity index is 4.35. The second-order valence-electron chi connectivity index (χ2n) is 2.36. The average Bonchev–Trinajstić information content (AvgIpc) is 1.98. The largest absolute Gasteiger partial charge is 0.373 e. The van der Waals surface area contributed by atoms with Gasteiger partial charge in [-0.05, 0) is 19.4 Å². The molecule has 0 saturated carbocycles. The van der Waals surface area contributed by atoms with E-state index in [0.29, 0.717) is 0 Å². The van der Waals surface area contributed by atoms with E-state index in [9.17, 15) is 9.67 Å². The first-order valence-electron chi connectivity index (χ1n) is 3.27. The van der Waals surface area contributed by atoms with E-state index in [1.165, 1.54) is 0 Å². The molecule has 0 bridgehead atoms. The fourth-order valence-corrected chi connectivity index (χ4v) is 1.87. The summed E-state index contributed by atoms with van der Waals surface area (Å²) in [7, 11) is -5.86. The van der Waals surface area contributed by atoms with Crippen LogP contribution in [0, 0.1) is 0 Å². The normalized spacial score (nSPS) is 18.4. The molecule has 0 amide bonds. The first kappa shape index (κ1) is 12.5. The Bertz CT molecular complexity index is 182. The lowest BCUT2D eigenvalue weighted by atomic mass is 10.3. The molecule has 2 atom stereocenters. The maximum absolute atomic E-state index is 10.6. The molecule has 0 spiro atoms. The van der Waals surface area contributed by atoms with Gasteiger partial charge in [0.2, 0.25) is 5.08 Å². The molecular weight excluding hydrogens is 204 g/mol.